The van der Waals surface area contributed by atoms with Crippen molar-refractivity contribution in [3.05, 3.63) is 47.3 Å². The second-order valence-electron chi connectivity index (χ2n) is 4.34. The molecule has 2 aromatic rings. The Morgan fingerprint density at radius 2 is 1.74 bits per heavy atom. The molecule has 19 heavy (non-hydrogen) atoms. The average Bonchev–Trinajstić information content (AvgIpc) is 2.38. The number of ether oxygens (including phenoxy) is 1. The lowest BCUT2D eigenvalue weighted by Gasteiger charge is -2.11. The topological polar surface area (TPSA) is 52.1 Å². The summed E-state index contributed by atoms with van der Waals surface area (Å²) in [6, 6.07) is 5.71. The van der Waals surface area contributed by atoms with Crippen LogP contribution in [0.15, 0.2) is 30.6 Å². The van der Waals surface area contributed by atoms with Crippen molar-refractivity contribution in [1.82, 2.24) is 9.97 Å². The summed E-state index contributed by atoms with van der Waals surface area (Å²) >= 11 is 0. The lowest BCUT2D eigenvalue weighted by Crippen LogP contribution is -2.03. The minimum absolute atomic E-state index is 0.150. The van der Waals surface area contributed by atoms with Gasteiger partial charge in [0.15, 0.2) is 5.78 Å². The van der Waals surface area contributed by atoms with Gasteiger partial charge in [0.1, 0.15) is 5.75 Å². The first-order valence-electron chi connectivity index (χ1n) is 6.21. The third-order valence-corrected chi connectivity index (χ3v) is 2.86. The van der Waals surface area contributed by atoms with Crippen LogP contribution in [0, 0.1) is 13.8 Å². The summed E-state index contributed by atoms with van der Waals surface area (Å²) in [5, 5.41) is 0. The molecule has 0 aliphatic carbocycles. The van der Waals surface area contributed by atoms with Gasteiger partial charge in [-0.3, -0.25) is 4.79 Å². The van der Waals surface area contributed by atoms with Gasteiger partial charge in [0.2, 0.25) is 0 Å². The maximum atomic E-state index is 11.9. The number of hydrogen-bond acceptors (Lipinski definition) is 4. The maximum absolute atomic E-state index is 11.9. The number of rotatable bonds is 4. The van der Waals surface area contributed by atoms with Crippen LogP contribution in [0.1, 0.15) is 34.8 Å². The number of aryl methyl sites for hydroxylation is 2. The smallest absolute Gasteiger partial charge is 0.321 e. The number of nitrogens with zero attached hydrogens (tertiary/aromatic N) is 2. The molecule has 0 N–H and O–H groups in total. The fraction of sp³-hybridized carbons (Fsp3) is 0.267. The Morgan fingerprint density at radius 1 is 1.16 bits per heavy atom. The second kappa shape index (κ2) is 5.61. The quantitative estimate of drug-likeness (QED) is 0.786. The molecule has 0 amide bonds. The normalized spacial score (nSPS) is 10.3. The fourth-order valence-corrected chi connectivity index (χ4v) is 2.04. The zero-order valence-electron chi connectivity index (χ0n) is 11.3. The van der Waals surface area contributed by atoms with Gasteiger partial charge in [-0.15, -0.1) is 0 Å². The number of hydrogen-bond donors (Lipinski definition) is 0. The van der Waals surface area contributed by atoms with Crippen molar-refractivity contribution in [3.63, 3.8) is 0 Å². The Morgan fingerprint density at radius 3 is 2.26 bits per heavy atom. The lowest BCUT2D eigenvalue weighted by atomic mass is 9.97. The number of carbonyl (C=O) groups excluding carboxylic acids is 1. The van der Waals surface area contributed by atoms with E-state index in [1.807, 2.05) is 32.9 Å². The summed E-state index contributed by atoms with van der Waals surface area (Å²) in [4.78, 5) is 19.9. The Hall–Kier alpha value is -2.23. The van der Waals surface area contributed by atoms with E-state index in [9.17, 15) is 4.79 Å². The first-order valence-corrected chi connectivity index (χ1v) is 6.21. The lowest BCUT2D eigenvalue weighted by molar-refractivity contribution is 0.0987. The highest BCUT2D eigenvalue weighted by atomic mass is 16.5. The minimum Gasteiger partial charge on any atom is -0.424 e. The largest absolute Gasteiger partial charge is 0.424 e. The third-order valence-electron chi connectivity index (χ3n) is 2.86. The maximum Gasteiger partial charge on any atom is 0.321 e. The van der Waals surface area contributed by atoms with Crippen LogP contribution in [-0.4, -0.2) is 15.8 Å². The molecular weight excluding hydrogens is 240 g/mol. The van der Waals surface area contributed by atoms with Crippen molar-refractivity contribution in [2.75, 3.05) is 0 Å². The predicted octanol–water partition coefficient (Wildman–Crippen LogP) is 3.48. The van der Waals surface area contributed by atoms with E-state index in [0.717, 1.165) is 16.7 Å². The van der Waals surface area contributed by atoms with Crippen molar-refractivity contribution in [2.24, 2.45) is 0 Å². The molecule has 0 bridgehead atoms. The Balaban J connectivity index is 2.33. The van der Waals surface area contributed by atoms with Crippen LogP contribution >= 0.6 is 0 Å². The second-order valence-corrected chi connectivity index (χ2v) is 4.34. The molecule has 0 saturated heterocycles. The molecule has 1 aromatic heterocycles. The molecule has 98 valence electrons. The SMILES string of the molecule is CCC(=O)c1c(C)cc(Oc2ncccn2)cc1C. The van der Waals surface area contributed by atoms with E-state index in [1.165, 1.54) is 0 Å². The van der Waals surface area contributed by atoms with Gasteiger partial charge in [-0.2, -0.15) is 0 Å². The van der Waals surface area contributed by atoms with Crippen LogP contribution in [0.2, 0.25) is 0 Å². The Bertz CT molecular complexity index is 571. The van der Waals surface area contributed by atoms with Gasteiger partial charge in [0.05, 0.1) is 0 Å². The molecule has 0 unspecified atom stereocenters. The van der Waals surface area contributed by atoms with Crippen LogP contribution in [0.25, 0.3) is 0 Å². The van der Waals surface area contributed by atoms with Crippen molar-refractivity contribution < 1.29 is 9.53 Å². The number of benzene rings is 1. The van der Waals surface area contributed by atoms with Gasteiger partial charge < -0.3 is 4.74 Å². The summed E-state index contributed by atoms with van der Waals surface area (Å²) in [5.74, 6) is 0.798. The molecule has 0 atom stereocenters. The van der Waals surface area contributed by atoms with Gasteiger partial charge in [-0.1, -0.05) is 6.92 Å². The molecule has 0 aliphatic heterocycles. The van der Waals surface area contributed by atoms with Gasteiger partial charge in [0.25, 0.3) is 0 Å². The van der Waals surface area contributed by atoms with Crippen molar-refractivity contribution >= 4 is 5.78 Å². The molecule has 2 rings (SSSR count). The molecule has 4 heteroatoms. The van der Waals surface area contributed by atoms with E-state index in [0.29, 0.717) is 18.2 Å². The number of carbonyl (C=O) groups is 1. The predicted molar refractivity (Wildman–Crippen MR) is 72.6 cm³/mol. The fourth-order valence-electron chi connectivity index (χ4n) is 2.04. The summed E-state index contributed by atoms with van der Waals surface area (Å²) < 4.78 is 5.57. The first kappa shape index (κ1) is 13.2. The summed E-state index contributed by atoms with van der Waals surface area (Å²) in [6.45, 7) is 5.69. The van der Waals surface area contributed by atoms with E-state index in [-0.39, 0.29) is 5.78 Å². The molecule has 4 nitrogen and oxygen atoms in total. The van der Waals surface area contributed by atoms with Crippen LogP contribution in [0.4, 0.5) is 0 Å². The number of aromatic nitrogens is 2. The van der Waals surface area contributed by atoms with Crippen molar-refractivity contribution in [3.8, 4) is 11.8 Å². The Labute approximate surface area is 112 Å². The molecule has 1 heterocycles. The van der Waals surface area contributed by atoms with Crippen LogP contribution in [0.3, 0.4) is 0 Å². The highest BCUT2D eigenvalue weighted by Crippen LogP contribution is 2.25. The van der Waals surface area contributed by atoms with E-state index in [1.54, 1.807) is 18.5 Å². The minimum atomic E-state index is 0.150. The molecule has 0 aliphatic rings. The standard InChI is InChI=1S/C15H16N2O2/c1-4-13(18)14-10(2)8-12(9-11(14)3)19-15-16-6-5-7-17-15/h5-9H,4H2,1-3H3. The van der Waals surface area contributed by atoms with E-state index in [4.69, 9.17) is 4.74 Å². The van der Waals surface area contributed by atoms with Crippen molar-refractivity contribution in [2.45, 2.75) is 27.2 Å². The third kappa shape index (κ3) is 2.96. The van der Waals surface area contributed by atoms with Gasteiger partial charge in [-0.25, -0.2) is 9.97 Å². The van der Waals surface area contributed by atoms with E-state index in [2.05, 4.69) is 9.97 Å². The zero-order chi connectivity index (χ0) is 13.8. The van der Waals surface area contributed by atoms with Gasteiger partial charge in [-0.05, 0) is 43.2 Å². The molecule has 0 fully saturated rings. The molecule has 0 saturated carbocycles. The van der Waals surface area contributed by atoms with Crippen LogP contribution < -0.4 is 4.74 Å². The first-order chi connectivity index (χ1) is 9.11. The highest BCUT2D eigenvalue weighted by Gasteiger charge is 2.12. The zero-order valence-corrected chi connectivity index (χ0v) is 11.3. The Kier molecular flexibility index (Phi) is 3.90. The molecular formula is C15H16N2O2. The molecule has 1 aromatic carbocycles. The number of Topliss-reactive ketones (excluding diaryl/α,β-unsaturated/α-hetero) is 1. The van der Waals surface area contributed by atoms with Crippen LogP contribution in [-0.2, 0) is 0 Å². The summed E-state index contributed by atoms with van der Waals surface area (Å²) in [7, 11) is 0. The van der Waals surface area contributed by atoms with Crippen molar-refractivity contribution in [1.29, 1.82) is 0 Å². The molecule has 0 spiro atoms. The van der Waals surface area contributed by atoms with E-state index >= 15 is 0 Å². The average molecular weight is 256 g/mol. The van der Waals surface area contributed by atoms with E-state index < -0.39 is 0 Å². The monoisotopic (exact) mass is 256 g/mol. The molecule has 0 radical (unpaired) electrons. The summed E-state index contributed by atoms with van der Waals surface area (Å²) in [6.07, 6.45) is 3.75. The van der Waals surface area contributed by atoms with Gasteiger partial charge in [0, 0.05) is 24.4 Å². The highest BCUT2D eigenvalue weighted by molar-refractivity contribution is 5.98. The van der Waals surface area contributed by atoms with Crippen LogP contribution in [0.5, 0.6) is 11.8 Å². The number of ketones is 1. The van der Waals surface area contributed by atoms with Gasteiger partial charge >= 0.3 is 6.01 Å². The summed E-state index contributed by atoms with van der Waals surface area (Å²) in [5.41, 5.74) is 2.61.